The number of rotatable bonds is 6. The summed E-state index contributed by atoms with van der Waals surface area (Å²) in [5.74, 6) is 0.537. The third-order valence-electron chi connectivity index (χ3n) is 2.59. The Labute approximate surface area is 137 Å². The number of hydrogen-bond donors (Lipinski definition) is 6. The normalized spacial score (nSPS) is 21.0. The van der Waals surface area contributed by atoms with Gasteiger partial charge in [-0.2, -0.15) is 0 Å². The van der Waals surface area contributed by atoms with Crippen molar-refractivity contribution in [2.75, 3.05) is 11.5 Å². The molecule has 1 fully saturated rings. The Morgan fingerprint density at radius 1 is 0.952 bits per heavy atom. The lowest BCUT2D eigenvalue weighted by atomic mass is 10.1. The molecule has 1 saturated heterocycles. The number of amidine groups is 2. The Hall–Kier alpha value is -1.13. The lowest BCUT2D eigenvalue weighted by Crippen LogP contribution is -2.61. The highest BCUT2D eigenvalue weighted by atomic mass is 35.5. The molecule has 1 rings (SSSR count). The third kappa shape index (κ3) is 7.44. The average Bonchev–Trinajstić information content (AvgIpc) is 2.33. The second-order valence-electron chi connectivity index (χ2n) is 4.13. The molecule has 11 heteroatoms. The zero-order valence-electron chi connectivity index (χ0n) is 11.2. The first-order valence-electron chi connectivity index (χ1n) is 5.94. The lowest BCUT2D eigenvalue weighted by Gasteiger charge is -2.29. The van der Waals surface area contributed by atoms with Gasteiger partial charge in [-0.05, 0) is 12.8 Å². The number of amides is 2. The molecule has 0 aliphatic carbocycles. The highest BCUT2D eigenvalue weighted by Crippen LogP contribution is 2.11. The number of thioether (sulfide) groups is 2. The summed E-state index contributed by atoms with van der Waals surface area (Å²) in [5.41, 5.74) is 10.4. The molecule has 2 unspecified atom stereocenters. The van der Waals surface area contributed by atoms with Crippen molar-refractivity contribution in [2.45, 2.75) is 24.9 Å². The number of halogens is 1. The Kier molecular flexibility index (Phi) is 9.22. The largest absolute Gasteiger partial charge is 0.379 e. The molecule has 8 nitrogen and oxygen atoms in total. The molecule has 1 aliphatic rings. The van der Waals surface area contributed by atoms with E-state index in [0.717, 1.165) is 23.5 Å². The molecule has 8 N–H and O–H groups in total. The summed E-state index contributed by atoms with van der Waals surface area (Å²) in [6, 6.07) is -1.16. The van der Waals surface area contributed by atoms with Crippen molar-refractivity contribution in [1.29, 1.82) is 10.8 Å². The van der Waals surface area contributed by atoms with Crippen LogP contribution in [0.15, 0.2) is 0 Å². The Balaban J connectivity index is 0.00000400. The third-order valence-corrected chi connectivity index (χ3v) is 4.10. The fourth-order valence-corrected chi connectivity index (χ4v) is 2.80. The van der Waals surface area contributed by atoms with E-state index in [-0.39, 0.29) is 34.6 Å². The molecule has 0 spiro atoms. The predicted molar refractivity (Wildman–Crippen MR) is 89.1 cm³/mol. The summed E-state index contributed by atoms with van der Waals surface area (Å²) >= 11 is 2.27. The van der Waals surface area contributed by atoms with Crippen molar-refractivity contribution in [3.63, 3.8) is 0 Å². The first kappa shape index (κ1) is 19.9. The summed E-state index contributed by atoms with van der Waals surface area (Å²) < 4.78 is 0. The molecule has 120 valence electrons. The van der Waals surface area contributed by atoms with Crippen molar-refractivity contribution in [3.05, 3.63) is 0 Å². The average molecular weight is 355 g/mol. The van der Waals surface area contributed by atoms with Crippen LogP contribution in [0.3, 0.4) is 0 Å². The van der Waals surface area contributed by atoms with Crippen LogP contribution in [0.2, 0.25) is 0 Å². The lowest BCUT2D eigenvalue weighted by molar-refractivity contribution is -0.136. The highest BCUT2D eigenvalue weighted by molar-refractivity contribution is 8.13. The molecule has 1 aliphatic heterocycles. The number of piperazine rings is 1. The molecule has 21 heavy (non-hydrogen) atoms. The maximum Gasteiger partial charge on any atom is 0.243 e. The zero-order valence-corrected chi connectivity index (χ0v) is 13.6. The first-order valence-corrected chi connectivity index (χ1v) is 7.91. The second-order valence-corrected chi connectivity index (χ2v) is 6.40. The molecule has 0 radical (unpaired) electrons. The van der Waals surface area contributed by atoms with Gasteiger partial charge >= 0.3 is 0 Å². The van der Waals surface area contributed by atoms with Gasteiger partial charge in [0.05, 0.1) is 0 Å². The van der Waals surface area contributed by atoms with Gasteiger partial charge in [-0.3, -0.25) is 20.4 Å². The van der Waals surface area contributed by atoms with E-state index in [4.69, 9.17) is 22.3 Å². The van der Waals surface area contributed by atoms with Crippen LogP contribution < -0.4 is 22.1 Å². The van der Waals surface area contributed by atoms with Crippen LogP contribution in [-0.2, 0) is 9.59 Å². The van der Waals surface area contributed by atoms with Gasteiger partial charge in [0, 0.05) is 11.5 Å². The van der Waals surface area contributed by atoms with Gasteiger partial charge in [0.2, 0.25) is 11.8 Å². The van der Waals surface area contributed by atoms with Crippen LogP contribution in [0.25, 0.3) is 0 Å². The van der Waals surface area contributed by atoms with E-state index in [1.54, 1.807) is 0 Å². The van der Waals surface area contributed by atoms with E-state index >= 15 is 0 Å². The number of carbonyl (C=O) groups excluding carboxylic acids is 2. The van der Waals surface area contributed by atoms with Gasteiger partial charge in [0.25, 0.3) is 0 Å². The SMILES string of the molecule is Cl.N=C(N)SCCC1NC(=O)C(CCSC(=N)N)NC1=O. The standard InChI is InChI=1S/C10H18N6O2S2.ClH/c11-9(12)19-3-1-5-7(17)16-6(8(18)15-5)2-4-20-10(13)14;/h5-6H,1-4H2,(H3,11,12)(H3,13,14)(H,15,18)(H,16,17);1H. The van der Waals surface area contributed by atoms with Crippen molar-refractivity contribution in [1.82, 2.24) is 10.6 Å². The van der Waals surface area contributed by atoms with Crippen LogP contribution in [0.5, 0.6) is 0 Å². The van der Waals surface area contributed by atoms with E-state index in [0.29, 0.717) is 24.3 Å². The molecule has 2 atom stereocenters. The number of hydrogen-bond acceptors (Lipinski definition) is 6. The van der Waals surface area contributed by atoms with Gasteiger partial charge in [-0.25, -0.2) is 0 Å². The topological polar surface area (TPSA) is 158 Å². The van der Waals surface area contributed by atoms with Crippen molar-refractivity contribution < 1.29 is 9.59 Å². The summed E-state index contributed by atoms with van der Waals surface area (Å²) in [7, 11) is 0. The number of nitrogens with one attached hydrogen (secondary N) is 4. The van der Waals surface area contributed by atoms with Gasteiger partial charge in [-0.15, -0.1) is 12.4 Å². The maximum absolute atomic E-state index is 11.8. The molecule has 2 amide bonds. The number of carbonyl (C=O) groups is 2. The quantitative estimate of drug-likeness (QED) is 0.277. The molecule has 1 heterocycles. The van der Waals surface area contributed by atoms with Gasteiger partial charge in [0.15, 0.2) is 10.3 Å². The van der Waals surface area contributed by atoms with Crippen LogP contribution in [0.4, 0.5) is 0 Å². The summed E-state index contributed by atoms with van der Waals surface area (Å²) in [6.07, 6.45) is 0.855. The van der Waals surface area contributed by atoms with Crippen LogP contribution in [0, 0.1) is 10.8 Å². The van der Waals surface area contributed by atoms with Gasteiger partial charge < -0.3 is 22.1 Å². The molecule has 0 aromatic carbocycles. The second kappa shape index (κ2) is 9.74. The van der Waals surface area contributed by atoms with E-state index in [9.17, 15) is 9.59 Å². The van der Waals surface area contributed by atoms with E-state index in [1.807, 2.05) is 0 Å². The Morgan fingerprint density at radius 2 is 1.29 bits per heavy atom. The fraction of sp³-hybridized carbons (Fsp3) is 0.600. The Morgan fingerprint density at radius 3 is 1.57 bits per heavy atom. The van der Waals surface area contributed by atoms with Crippen LogP contribution in [0.1, 0.15) is 12.8 Å². The molecule has 0 aromatic rings. The minimum absolute atomic E-state index is 0. The monoisotopic (exact) mass is 354 g/mol. The fourth-order valence-electron chi connectivity index (χ4n) is 1.66. The molecule has 0 aromatic heterocycles. The highest BCUT2D eigenvalue weighted by Gasteiger charge is 2.32. The van der Waals surface area contributed by atoms with Crippen LogP contribution in [-0.4, -0.2) is 45.7 Å². The predicted octanol–water partition coefficient (Wildman–Crippen LogP) is -0.575. The first-order chi connectivity index (χ1) is 9.40. The van der Waals surface area contributed by atoms with Gasteiger partial charge in [0.1, 0.15) is 12.1 Å². The van der Waals surface area contributed by atoms with Crippen molar-refractivity contribution in [3.8, 4) is 0 Å². The van der Waals surface area contributed by atoms with Crippen molar-refractivity contribution >= 4 is 58.1 Å². The number of nitrogens with two attached hydrogens (primary N) is 2. The van der Waals surface area contributed by atoms with E-state index in [2.05, 4.69) is 10.6 Å². The minimum atomic E-state index is -0.578. The maximum atomic E-state index is 11.8. The smallest absolute Gasteiger partial charge is 0.243 e. The molecule has 0 saturated carbocycles. The molecule has 0 bridgehead atoms. The Bertz CT molecular complexity index is 384. The molecular formula is C10H19ClN6O2S2. The summed E-state index contributed by atoms with van der Waals surface area (Å²) in [5, 5.41) is 19.4. The summed E-state index contributed by atoms with van der Waals surface area (Å²) in [6.45, 7) is 0. The van der Waals surface area contributed by atoms with E-state index in [1.165, 1.54) is 0 Å². The molecular weight excluding hydrogens is 336 g/mol. The minimum Gasteiger partial charge on any atom is -0.379 e. The summed E-state index contributed by atoms with van der Waals surface area (Å²) in [4.78, 5) is 23.7. The zero-order chi connectivity index (χ0) is 15.1. The van der Waals surface area contributed by atoms with Crippen LogP contribution >= 0.6 is 35.9 Å². The van der Waals surface area contributed by atoms with Crippen molar-refractivity contribution in [2.24, 2.45) is 11.5 Å². The van der Waals surface area contributed by atoms with E-state index < -0.39 is 12.1 Å². The van der Waals surface area contributed by atoms with Gasteiger partial charge in [-0.1, -0.05) is 23.5 Å².